The number of amides is 3. The van der Waals surface area contributed by atoms with E-state index in [1.165, 1.54) is 4.88 Å². The minimum atomic E-state index is -0.222. The van der Waals surface area contributed by atoms with Crippen LogP contribution in [0.2, 0.25) is 0 Å². The fraction of sp³-hybridized carbons (Fsp3) is 0.379. The number of benzene rings is 2. The number of rotatable bonds is 8. The van der Waals surface area contributed by atoms with Crippen molar-refractivity contribution in [2.45, 2.75) is 39.2 Å². The number of fused-ring (bicyclic) bond motifs is 1. The van der Waals surface area contributed by atoms with E-state index in [4.69, 9.17) is 4.74 Å². The van der Waals surface area contributed by atoms with Crippen LogP contribution in [0.1, 0.15) is 40.5 Å². The third kappa shape index (κ3) is 5.73. The fourth-order valence-corrected chi connectivity index (χ4v) is 5.61. The van der Waals surface area contributed by atoms with E-state index >= 15 is 0 Å². The van der Waals surface area contributed by atoms with Crippen LogP contribution in [-0.2, 0) is 11.2 Å². The topological polar surface area (TPSA) is 61.9 Å². The molecule has 0 bridgehead atoms. The molecule has 0 spiro atoms. The Bertz CT molecular complexity index is 1220. The quantitative estimate of drug-likeness (QED) is 0.422. The van der Waals surface area contributed by atoms with E-state index in [2.05, 4.69) is 16.8 Å². The summed E-state index contributed by atoms with van der Waals surface area (Å²) in [5, 5.41) is 5.07. The molecular weight excluding hydrogens is 470 g/mol. The number of anilines is 1. The number of hydrogen-bond acceptors (Lipinski definition) is 4. The molecule has 1 N–H and O–H groups in total. The van der Waals surface area contributed by atoms with E-state index in [1.54, 1.807) is 16.2 Å². The number of carbonyl (C=O) groups is 2. The van der Waals surface area contributed by atoms with Crippen LogP contribution in [0, 0.1) is 19.8 Å². The van der Waals surface area contributed by atoms with Crippen LogP contribution >= 0.6 is 11.3 Å². The highest BCUT2D eigenvalue weighted by atomic mass is 32.1. The number of para-hydroxylation sites is 1. The van der Waals surface area contributed by atoms with Gasteiger partial charge in [0, 0.05) is 23.7 Å². The minimum absolute atomic E-state index is 0.0371. The van der Waals surface area contributed by atoms with Gasteiger partial charge in [0.25, 0.3) is 0 Å². The molecule has 3 aromatic rings. The SMILES string of the molecule is Cc1ccc(NC(=O)N(CC(=O)N2CCc3sccc3[C@@H]2COc2ccccc2C)CC2CC2)cc1. The molecule has 6 nitrogen and oxygen atoms in total. The molecule has 1 saturated carbocycles. The molecule has 7 heteroatoms. The molecule has 2 heterocycles. The maximum Gasteiger partial charge on any atom is 0.322 e. The zero-order chi connectivity index (χ0) is 25.1. The molecule has 0 saturated heterocycles. The number of hydrogen-bond donors (Lipinski definition) is 1. The van der Waals surface area contributed by atoms with Crippen LogP contribution in [0.4, 0.5) is 10.5 Å². The maximum atomic E-state index is 13.7. The highest BCUT2D eigenvalue weighted by Crippen LogP contribution is 2.35. The number of ether oxygens (including phenoxy) is 1. The standard InChI is InChI=1S/C29H33N3O3S/c1-20-7-11-23(12-8-20)30-29(34)31(17-22-9-10-22)18-28(33)32-15-13-27-24(14-16-36-27)25(32)19-35-26-6-4-3-5-21(26)2/h3-8,11-12,14,16,22,25H,9-10,13,15,17-19H2,1-2H3,(H,30,34)/t25-/m0/s1. The Morgan fingerprint density at radius 1 is 1.08 bits per heavy atom. The molecule has 1 aliphatic heterocycles. The second kappa shape index (κ2) is 10.7. The van der Waals surface area contributed by atoms with Crippen molar-refractivity contribution < 1.29 is 14.3 Å². The van der Waals surface area contributed by atoms with Gasteiger partial charge in [-0.15, -0.1) is 11.3 Å². The van der Waals surface area contributed by atoms with E-state index in [1.807, 2.05) is 67.3 Å². The van der Waals surface area contributed by atoms with E-state index in [-0.39, 0.29) is 24.5 Å². The Balaban J connectivity index is 1.31. The van der Waals surface area contributed by atoms with Gasteiger partial charge in [-0.1, -0.05) is 35.9 Å². The van der Waals surface area contributed by atoms with Crippen molar-refractivity contribution in [3.63, 3.8) is 0 Å². The van der Waals surface area contributed by atoms with Gasteiger partial charge < -0.3 is 19.9 Å². The van der Waals surface area contributed by atoms with Crippen LogP contribution in [0.15, 0.2) is 60.0 Å². The van der Waals surface area contributed by atoms with Crippen molar-refractivity contribution in [2.75, 3.05) is 31.6 Å². The molecule has 2 aromatic carbocycles. The molecular formula is C29H33N3O3S. The Hall–Kier alpha value is -3.32. The predicted molar refractivity (Wildman–Crippen MR) is 144 cm³/mol. The molecule has 1 fully saturated rings. The van der Waals surface area contributed by atoms with E-state index < -0.39 is 0 Å². The van der Waals surface area contributed by atoms with Crippen molar-refractivity contribution in [3.8, 4) is 5.75 Å². The summed E-state index contributed by atoms with van der Waals surface area (Å²) in [6, 6.07) is 17.4. The summed E-state index contributed by atoms with van der Waals surface area (Å²) >= 11 is 1.74. The van der Waals surface area contributed by atoms with E-state index in [0.29, 0.717) is 25.6 Å². The summed E-state index contributed by atoms with van der Waals surface area (Å²) in [6.07, 6.45) is 3.05. The normalized spacial score (nSPS) is 16.8. The van der Waals surface area contributed by atoms with Crippen LogP contribution in [0.3, 0.4) is 0 Å². The number of urea groups is 1. The van der Waals surface area contributed by atoms with Gasteiger partial charge in [-0.3, -0.25) is 4.79 Å². The summed E-state index contributed by atoms with van der Waals surface area (Å²) < 4.78 is 6.22. The number of nitrogens with zero attached hydrogens (tertiary/aromatic N) is 2. The Kier molecular flexibility index (Phi) is 7.28. The van der Waals surface area contributed by atoms with Gasteiger partial charge in [0.2, 0.25) is 5.91 Å². The first kappa shape index (κ1) is 24.4. The zero-order valence-electron chi connectivity index (χ0n) is 20.9. The minimum Gasteiger partial charge on any atom is -0.491 e. The summed E-state index contributed by atoms with van der Waals surface area (Å²) in [7, 11) is 0. The van der Waals surface area contributed by atoms with Crippen molar-refractivity contribution >= 4 is 29.0 Å². The number of thiophene rings is 1. The lowest BCUT2D eigenvalue weighted by atomic mass is 10.0. The van der Waals surface area contributed by atoms with Crippen molar-refractivity contribution in [1.29, 1.82) is 0 Å². The van der Waals surface area contributed by atoms with E-state index in [0.717, 1.165) is 47.4 Å². The van der Waals surface area contributed by atoms with E-state index in [9.17, 15) is 9.59 Å². The molecule has 36 heavy (non-hydrogen) atoms. The second-order valence-electron chi connectivity index (χ2n) is 9.85. The van der Waals surface area contributed by atoms with Gasteiger partial charge in [0.05, 0.1) is 6.04 Å². The van der Waals surface area contributed by atoms with Crippen LogP contribution in [-0.4, -0.2) is 48.0 Å². The largest absolute Gasteiger partial charge is 0.491 e. The first-order valence-electron chi connectivity index (χ1n) is 12.6. The molecule has 0 unspecified atom stereocenters. The van der Waals surface area contributed by atoms with Crippen molar-refractivity contribution in [3.05, 3.63) is 81.5 Å². The molecule has 2 aliphatic rings. The third-order valence-electron chi connectivity index (χ3n) is 7.00. The van der Waals surface area contributed by atoms with Crippen molar-refractivity contribution in [2.24, 2.45) is 5.92 Å². The van der Waals surface area contributed by atoms with Gasteiger partial charge in [-0.05, 0) is 79.8 Å². The molecule has 1 aliphatic carbocycles. The molecule has 1 atom stereocenters. The Morgan fingerprint density at radius 2 is 1.86 bits per heavy atom. The van der Waals surface area contributed by atoms with Gasteiger partial charge in [-0.25, -0.2) is 4.79 Å². The molecule has 3 amide bonds. The van der Waals surface area contributed by atoms with Crippen LogP contribution in [0.5, 0.6) is 5.75 Å². The molecule has 188 valence electrons. The van der Waals surface area contributed by atoms with Gasteiger partial charge >= 0.3 is 6.03 Å². The summed E-state index contributed by atoms with van der Waals surface area (Å²) in [5.41, 5.74) is 4.10. The lowest BCUT2D eigenvalue weighted by Gasteiger charge is -2.37. The zero-order valence-corrected chi connectivity index (χ0v) is 21.7. The van der Waals surface area contributed by atoms with Crippen LogP contribution < -0.4 is 10.1 Å². The smallest absolute Gasteiger partial charge is 0.322 e. The molecule has 5 rings (SSSR count). The molecule has 0 radical (unpaired) electrons. The van der Waals surface area contributed by atoms with Gasteiger partial charge in [-0.2, -0.15) is 0 Å². The average Bonchev–Trinajstić information content (AvgIpc) is 3.56. The lowest BCUT2D eigenvalue weighted by molar-refractivity contribution is -0.135. The first-order valence-corrected chi connectivity index (χ1v) is 13.5. The third-order valence-corrected chi connectivity index (χ3v) is 7.99. The highest BCUT2D eigenvalue weighted by Gasteiger charge is 2.35. The van der Waals surface area contributed by atoms with Crippen molar-refractivity contribution in [1.82, 2.24) is 9.80 Å². The van der Waals surface area contributed by atoms with Gasteiger partial charge in [0.15, 0.2) is 0 Å². The number of carbonyl (C=O) groups excluding carboxylic acids is 2. The number of nitrogens with one attached hydrogen (secondary N) is 1. The first-order chi connectivity index (χ1) is 17.5. The van der Waals surface area contributed by atoms with Gasteiger partial charge in [0.1, 0.15) is 18.9 Å². The Labute approximate surface area is 216 Å². The van der Waals surface area contributed by atoms with Crippen LogP contribution in [0.25, 0.3) is 0 Å². The molecule has 1 aromatic heterocycles. The average molecular weight is 504 g/mol. The summed E-state index contributed by atoms with van der Waals surface area (Å²) in [4.78, 5) is 31.8. The Morgan fingerprint density at radius 3 is 2.61 bits per heavy atom. The fourth-order valence-electron chi connectivity index (χ4n) is 4.69. The highest BCUT2D eigenvalue weighted by molar-refractivity contribution is 7.10. The monoisotopic (exact) mass is 503 g/mol. The predicted octanol–water partition coefficient (Wildman–Crippen LogP) is 5.81. The lowest BCUT2D eigenvalue weighted by Crippen LogP contribution is -2.49. The summed E-state index contributed by atoms with van der Waals surface area (Å²) in [5.74, 6) is 1.27. The summed E-state index contributed by atoms with van der Waals surface area (Å²) in [6.45, 7) is 5.72. The maximum absolute atomic E-state index is 13.7. The number of aryl methyl sites for hydroxylation is 2. The second-order valence-corrected chi connectivity index (χ2v) is 10.8.